The Hall–Kier alpha value is -2.68. The van der Waals surface area contributed by atoms with E-state index in [1.54, 1.807) is 12.1 Å². The summed E-state index contributed by atoms with van der Waals surface area (Å²) < 4.78 is 5.45. The Labute approximate surface area is 145 Å². The predicted molar refractivity (Wildman–Crippen MR) is 83.6 cm³/mol. The van der Waals surface area contributed by atoms with Gasteiger partial charge in [0.15, 0.2) is 0 Å². The van der Waals surface area contributed by atoms with Crippen LogP contribution in [0.1, 0.15) is 5.56 Å². The third-order valence-electron chi connectivity index (χ3n) is 3.26. The molecule has 8 nitrogen and oxygen atoms in total. The Kier molecular flexibility index (Phi) is 5.03. The molecule has 0 bridgehead atoms. The number of carbonyl (C=O) groups excluding carboxylic acids is 4. The number of ether oxygens (including phenoxy) is 1. The Morgan fingerprint density at radius 3 is 2.29 bits per heavy atom. The van der Waals surface area contributed by atoms with Crippen molar-refractivity contribution in [2.75, 3.05) is 20.7 Å². The molecule has 1 saturated heterocycles. The number of nitrogens with zero attached hydrogens (tertiary/aromatic N) is 2. The van der Waals surface area contributed by atoms with Gasteiger partial charge in [-0.1, -0.05) is 6.07 Å². The number of urea groups is 1. The fourth-order valence-corrected chi connectivity index (χ4v) is 2.51. The lowest BCUT2D eigenvalue weighted by Gasteiger charge is -2.28. The van der Waals surface area contributed by atoms with Crippen LogP contribution in [0.4, 0.5) is 4.79 Å². The van der Waals surface area contributed by atoms with Gasteiger partial charge in [0, 0.05) is 14.1 Å². The van der Waals surface area contributed by atoms with Crippen molar-refractivity contribution in [3.05, 3.63) is 33.8 Å². The molecule has 0 atom stereocenters. The molecule has 1 aliphatic heterocycles. The number of aliphatic carboxylic acids is 1. The summed E-state index contributed by atoms with van der Waals surface area (Å²) >= 11 is 3.21. The maximum atomic E-state index is 12.1. The van der Waals surface area contributed by atoms with Crippen LogP contribution in [0.15, 0.2) is 28.2 Å². The molecule has 2 rings (SSSR count). The van der Waals surface area contributed by atoms with Gasteiger partial charge < -0.3 is 14.6 Å². The predicted octanol–water partition coefficient (Wildman–Crippen LogP) is 0.0116. The van der Waals surface area contributed by atoms with Crippen molar-refractivity contribution >= 4 is 45.8 Å². The largest absolute Gasteiger partial charge is 0.546 e. The molecule has 1 aromatic rings. The molecular formula is C15H12BrN2O6-. The standard InChI is InChI=1S/C15H13BrN2O6/c1-17-13(21)9(14(22)18(2)15(17)23)5-8-3-4-11(10(16)6-8)24-7-12(19)20/h3-6H,7H2,1-2H3,(H,19,20)/p-1. The highest BCUT2D eigenvalue weighted by Gasteiger charge is 2.37. The lowest BCUT2D eigenvalue weighted by molar-refractivity contribution is -0.307. The van der Waals surface area contributed by atoms with Crippen LogP contribution < -0.4 is 9.84 Å². The molecular weight excluding hydrogens is 384 g/mol. The molecule has 1 aromatic carbocycles. The van der Waals surface area contributed by atoms with Gasteiger partial charge in [-0.2, -0.15) is 0 Å². The van der Waals surface area contributed by atoms with Gasteiger partial charge in [-0.05, 0) is 39.7 Å². The zero-order chi connectivity index (χ0) is 18.0. The number of halogens is 1. The van der Waals surface area contributed by atoms with Crippen molar-refractivity contribution in [2.24, 2.45) is 0 Å². The van der Waals surface area contributed by atoms with Gasteiger partial charge >= 0.3 is 6.03 Å². The number of amides is 4. The molecule has 0 aliphatic carbocycles. The highest BCUT2D eigenvalue weighted by molar-refractivity contribution is 9.10. The van der Waals surface area contributed by atoms with Crippen molar-refractivity contribution in [3.8, 4) is 5.75 Å². The van der Waals surface area contributed by atoms with Gasteiger partial charge in [0.25, 0.3) is 11.8 Å². The number of likely N-dealkylation sites (N-methyl/N-ethyl adjacent to an activating group) is 2. The maximum Gasteiger partial charge on any atom is 0.333 e. The van der Waals surface area contributed by atoms with Crippen LogP contribution in [0.25, 0.3) is 6.08 Å². The second-order valence-corrected chi connectivity index (χ2v) is 5.77. The summed E-state index contributed by atoms with van der Waals surface area (Å²) in [7, 11) is 2.57. The second-order valence-electron chi connectivity index (χ2n) is 4.92. The van der Waals surface area contributed by atoms with E-state index in [9.17, 15) is 24.3 Å². The van der Waals surface area contributed by atoms with Crippen LogP contribution in [0, 0.1) is 0 Å². The SMILES string of the molecule is CN1C(=O)C(=Cc2ccc(OCC(=O)[O-])c(Br)c2)C(=O)N(C)C1=O. The number of carboxylic acids is 1. The normalized spacial score (nSPS) is 15.0. The minimum Gasteiger partial charge on any atom is -0.546 e. The first kappa shape index (κ1) is 17.7. The van der Waals surface area contributed by atoms with Gasteiger partial charge in [0.1, 0.15) is 17.9 Å². The van der Waals surface area contributed by atoms with Crippen LogP contribution >= 0.6 is 15.9 Å². The van der Waals surface area contributed by atoms with Crippen molar-refractivity contribution in [1.29, 1.82) is 0 Å². The van der Waals surface area contributed by atoms with Crippen LogP contribution in [0.5, 0.6) is 5.75 Å². The topological polar surface area (TPSA) is 107 Å². The van der Waals surface area contributed by atoms with E-state index in [-0.39, 0.29) is 11.3 Å². The van der Waals surface area contributed by atoms with E-state index in [1.807, 2.05) is 0 Å². The Bertz CT molecular complexity index is 747. The first-order valence-corrected chi connectivity index (χ1v) is 7.45. The Morgan fingerprint density at radius 2 is 1.79 bits per heavy atom. The van der Waals surface area contributed by atoms with Gasteiger partial charge in [-0.15, -0.1) is 0 Å². The molecule has 0 spiro atoms. The number of hydrogen-bond acceptors (Lipinski definition) is 6. The summed E-state index contributed by atoms with van der Waals surface area (Å²) in [4.78, 5) is 48.0. The van der Waals surface area contributed by atoms with Gasteiger partial charge in [-0.3, -0.25) is 19.4 Å². The van der Waals surface area contributed by atoms with Crippen molar-refractivity contribution in [3.63, 3.8) is 0 Å². The zero-order valence-electron chi connectivity index (χ0n) is 12.7. The van der Waals surface area contributed by atoms with Crippen LogP contribution in [-0.4, -0.2) is 54.3 Å². The molecule has 9 heteroatoms. The summed E-state index contributed by atoms with van der Waals surface area (Å²) in [6.07, 6.45) is 1.34. The highest BCUT2D eigenvalue weighted by atomic mass is 79.9. The first-order valence-electron chi connectivity index (χ1n) is 6.66. The monoisotopic (exact) mass is 395 g/mol. The highest BCUT2D eigenvalue weighted by Crippen LogP contribution is 2.27. The molecule has 126 valence electrons. The quantitative estimate of drug-likeness (QED) is 0.524. The minimum atomic E-state index is -1.36. The minimum absolute atomic E-state index is 0.157. The van der Waals surface area contributed by atoms with E-state index in [4.69, 9.17) is 4.74 Å². The molecule has 24 heavy (non-hydrogen) atoms. The fourth-order valence-electron chi connectivity index (χ4n) is 2.00. The molecule has 0 unspecified atom stereocenters. The van der Waals surface area contributed by atoms with E-state index < -0.39 is 30.4 Å². The number of benzene rings is 1. The second kappa shape index (κ2) is 6.83. The Morgan fingerprint density at radius 1 is 1.21 bits per heavy atom. The smallest absolute Gasteiger partial charge is 0.333 e. The third-order valence-corrected chi connectivity index (χ3v) is 3.88. The maximum absolute atomic E-state index is 12.1. The lowest BCUT2D eigenvalue weighted by Crippen LogP contribution is -2.52. The first-order chi connectivity index (χ1) is 11.2. The number of carbonyl (C=O) groups is 4. The van der Waals surface area contributed by atoms with E-state index in [0.717, 1.165) is 9.80 Å². The number of carboxylic acid groups (broad SMARTS) is 1. The molecule has 1 aliphatic rings. The molecule has 0 N–H and O–H groups in total. The number of barbiturate groups is 1. The molecule has 0 radical (unpaired) electrons. The number of imide groups is 2. The summed E-state index contributed by atoms with van der Waals surface area (Å²) in [5.41, 5.74) is 0.338. The van der Waals surface area contributed by atoms with Crippen molar-refractivity contribution < 1.29 is 29.0 Å². The van der Waals surface area contributed by atoms with Crippen LogP contribution in [-0.2, 0) is 14.4 Å². The molecule has 0 saturated carbocycles. The molecule has 1 heterocycles. The zero-order valence-corrected chi connectivity index (χ0v) is 14.3. The van der Waals surface area contributed by atoms with E-state index >= 15 is 0 Å². The lowest BCUT2D eigenvalue weighted by atomic mass is 10.1. The van der Waals surface area contributed by atoms with E-state index in [2.05, 4.69) is 15.9 Å². The van der Waals surface area contributed by atoms with Gasteiger partial charge in [0.05, 0.1) is 10.4 Å². The average molecular weight is 396 g/mol. The van der Waals surface area contributed by atoms with Crippen LogP contribution in [0.3, 0.4) is 0 Å². The number of hydrogen-bond donors (Lipinski definition) is 0. The Balaban J connectivity index is 2.31. The van der Waals surface area contributed by atoms with Gasteiger partial charge in [-0.25, -0.2) is 4.79 Å². The number of rotatable bonds is 4. The average Bonchev–Trinajstić information content (AvgIpc) is 2.54. The van der Waals surface area contributed by atoms with Crippen molar-refractivity contribution in [1.82, 2.24) is 9.80 Å². The van der Waals surface area contributed by atoms with Gasteiger partial charge in [0.2, 0.25) is 0 Å². The van der Waals surface area contributed by atoms with E-state index in [1.165, 1.54) is 26.2 Å². The summed E-state index contributed by atoms with van der Waals surface area (Å²) in [6.45, 7) is -0.603. The summed E-state index contributed by atoms with van der Waals surface area (Å²) in [5, 5.41) is 10.4. The third kappa shape index (κ3) is 3.46. The van der Waals surface area contributed by atoms with E-state index in [0.29, 0.717) is 10.0 Å². The molecule has 4 amide bonds. The van der Waals surface area contributed by atoms with Crippen molar-refractivity contribution in [2.45, 2.75) is 0 Å². The molecule has 0 aromatic heterocycles. The van der Waals surface area contributed by atoms with Crippen LogP contribution in [0.2, 0.25) is 0 Å². The fraction of sp³-hybridized carbons (Fsp3) is 0.200. The summed E-state index contributed by atoms with van der Waals surface area (Å²) in [5.74, 6) is -2.48. The summed E-state index contributed by atoms with van der Waals surface area (Å²) in [6, 6.07) is 3.87. The molecule has 1 fully saturated rings.